The van der Waals surface area contributed by atoms with Crippen LogP contribution in [0, 0.1) is 6.92 Å². The van der Waals surface area contributed by atoms with Gasteiger partial charge in [-0.25, -0.2) is 4.98 Å². The van der Waals surface area contributed by atoms with Gasteiger partial charge in [0.15, 0.2) is 0 Å². The summed E-state index contributed by atoms with van der Waals surface area (Å²) in [7, 11) is 0. The van der Waals surface area contributed by atoms with E-state index in [1.54, 1.807) is 0 Å². The minimum Gasteiger partial charge on any atom is -0.354 e. The van der Waals surface area contributed by atoms with Gasteiger partial charge in [-0.05, 0) is 39.0 Å². The Labute approximate surface area is 132 Å². The van der Waals surface area contributed by atoms with Crippen LogP contribution in [0.3, 0.4) is 0 Å². The molecule has 0 saturated carbocycles. The van der Waals surface area contributed by atoms with E-state index in [9.17, 15) is 0 Å². The number of hydrogen-bond acceptors (Lipinski definition) is 4. The van der Waals surface area contributed by atoms with Crippen molar-refractivity contribution in [3.63, 3.8) is 0 Å². The molecule has 1 aliphatic rings. The van der Waals surface area contributed by atoms with Gasteiger partial charge in [-0.2, -0.15) is 0 Å². The lowest BCUT2D eigenvalue weighted by molar-refractivity contribution is 0.209. The molecule has 0 bridgehead atoms. The molecule has 4 heteroatoms. The van der Waals surface area contributed by atoms with E-state index in [2.05, 4.69) is 51.8 Å². The number of anilines is 1. The van der Waals surface area contributed by atoms with E-state index in [1.807, 2.05) is 25.4 Å². The minimum absolute atomic E-state index is 0.631. The largest absolute Gasteiger partial charge is 0.354 e. The number of aromatic nitrogens is 2. The first-order valence-electron chi connectivity index (χ1n) is 8.01. The molecule has 0 radical (unpaired) electrons. The van der Waals surface area contributed by atoms with E-state index >= 15 is 0 Å². The first-order valence-corrected chi connectivity index (χ1v) is 8.01. The molecule has 1 aliphatic heterocycles. The van der Waals surface area contributed by atoms with Gasteiger partial charge >= 0.3 is 0 Å². The quantitative estimate of drug-likeness (QED) is 0.871. The average Bonchev–Trinajstić information content (AvgIpc) is 2.56. The molecular weight excluding hydrogens is 272 g/mol. The van der Waals surface area contributed by atoms with Crippen LogP contribution < -0.4 is 4.90 Å². The highest BCUT2D eigenvalue weighted by Gasteiger charge is 2.19. The molecule has 1 fully saturated rings. The van der Waals surface area contributed by atoms with Crippen molar-refractivity contribution in [1.29, 1.82) is 0 Å². The van der Waals surface area contributed by atoms with Crippen LogP contribution in [0.1, 0.15) is 19.5 Å². The van der Waals surface area contributed by atoms with E-state index in [1.165, 1.54) is 0 Å². The fraction of sp³-hybridized carbons (Fsp3) is 0.444. The summed E-state index contributed by atoms with van der Waals surface area (Å²) in [6, 6.07) is 9.03. The van der Waals surface area contributed by atoms with E-state index in [-0.39, 0.29) is 0 Å². The Balaban J connectivity index is 1.68. The summed E-state index contributed by atoms with van der Waals surface area (Å²) in [6.07, 6.45) is 3.87. The molecular formula is C18H24N4. The lowest BCUT2D eigenvalue weighted by Crippen LogP contribution is -2.49. The van der Waals surface area contributed by atoms with Gasteiger partial charge in [0.05, 0.1) is 0 Å². The van der Waals surface area contributed by atoms with Crippen molar-refractivity contribution in [3.8, 4) is 11.1 Å². The van der Waals surface area contributed by atoms with Crippen molar-refractivity contribution in [3.05, 3.63) is 42.4 Å². The van der Waals surface area contributed by atoms with Crippen LogP contribution >= 0.6 is 0 Å². The molecule has 4 nitrogen and oxygen atoms in total. The molecule has 22 heavy (non-hydrogen) atoms. The van der Waals surface area contributed by atoms with Crippen molar-refractivity contribution < 1.29 is 0 Å². The normalized spacial score (nSPS) is 16.3. The lowest BCUT2D eigenvalue weighted by atomic mass is 10.1. The Kier molecular flexibility index (Phi) is 4.39. The first-order chi connectivity index (χ1) is 10.6. The Bertz CT molecular complexity index is 596. The zero-order valence-electron chi connectivity index (χ0n) is 13.7. The third kappa shape index (κ3) is 3.28. The average molecular weight is 296 g/mol. The van der Waals surface area contributed by atoms with Crippen molar-refractivity contribution >= 4 is 5.82 Å². The Morgan fingerprint density at radius 2 is 1.50 bits per heavy atom. The van der Waals surface area contributed by atoms with E-state index in [0.29, 0.717) is 6.04 Å². The maximum absolute atomic E-state index is 4.65. The summed E-state index contributed by atoms with van der Waals surface area (Å²) in [6.45, 7) is 10.9. The SMILES string of the molecule is Cc1ccc(-c2ccc(N3CCN(C(C)C)CC3)nc2)cn1. The highest BCUT2D eigenvalue weighted by atomic mass is 15.3. The van der Waals surface area contributed by atoms with Crippen LogP contribution in [0.25, 0.3) is 11.1 Å². The predicted octanol–water partition coefficient (Wildman–Crippen LogP) is 2.98. The summed E-state index contributed by atoms with van der Waals surface area (Å²) >= 11 is 0. The smallest absolute Gasteiger partial charge is 0.128 e. The second-order valence-electron chi connectivity index (χ2n) is 6.21. The predicted molar refractivity (Wildman–Crippen MR) is 91.1 cm³/mol. The number of rotatable bonds is 3. The van der Waals surface area contributed by atoms with Crippen LogP contribution in [-0.4, -0.2) is 47.1 Å². The first kappa shape index (κ1) is 15.0. The zero-order chi connectivity index (χ0) is 15.5. The summed E-state index contributed by atoms with van der Waals surface area (Å²) in [5.41, 5.74) is 3.28. The Morgan fingerprint density at radius 3 is 2.00 bits per heavy atom. The lowest BCUT2D eigenvalue weighted by Gasteiger charge is -2.37. The molecule has 1 saturated heterocycles. The van der Waals surface area contributed by atoms with Crippen molar-refractivity contribution in [2.75, 3.05) is 31.1 Å². The maximum atomic E-state index is 4.65. The third-order valence-electron chi connectivity index (χ3n) is 4.36. The van der Waals surface area contributed by atoms with Gasteiger partial charge in [0.25, 0.3) is 0 Å². The fourth-order valence-electron chi connectivity index (χ4n) is 2.85. The van der Waals surface area contributed by atoms with Gasteiger partial charge < -0.3 is 4.90 Å². The van der Waals surface area contributed by atoms with Crippen LogP contribution in [-0.2, 0) is 0 Å². The molecule has 116 valence electrons. The van der Waals surface area contributed by atoms with Gasteiger partial charge in [-0.1, -0.05) is 6.07 Å². The molecule has 0 aliphatic carbocycles. The molecule has 0 N–H and O–H groups in total. The topological polar surface area (TPSA) is 32.3 Å². The Hall–Kier alpha value is -1.94. The van der Waals surface area contributed by atoms with E-state index in [0.717, 1.165) is 48.8 Å². The fourth-order valence-corrected chi connectivity index (χ4v) is 2.85. The van der Waals surface area contributed by atoms with Gasteiger partial charge in [-0.15, -0.1) is 0 Å². The van der Waals surface area contributed by atoms with Crippen LogP contribution in [0.5, 0.6) is 0 Å². The molecule has 0 amide bonds. The zero-order valence-corrected chi connectivity index (χ0v) is 13.7. The van der Waals surface area contributed by atoms with Gasteiger partial charge in [0.2, 0.25) is 0 Å². The number of hydrogen-bond donors (Lipinski definition) is 0. The molecule has 2 aromatic heterocycles. The standard InChI is InChI=1S/C18H24N4/c1-14(2)21-8-10-22(11-9-21)18-7-6-17(13-20-18)16-5-4-15(3)19-12-16/h4-7,12-14H,8-11H2,1-3H3. The van der Waals surface area contributed by atoms with E-state index in [4.69, 9.17) is 0 Å². The molecule has 3 heterocycles. The maximum Gasteiger partial charge on any atom is 0.128 e. The summed E-state index contributed by atoms with van der Waals surface area (Å²) in [4.78, 5) is 13.9. The van der Waals surface area contributed by atoms with Gasteiger partial charge in [0, 0.05) is 61.4 Å². The highest BCUT2D eigenvalue weighted by molar-refractivity contribution is 5.63. The van der Waals surface area contributed by atoms with Crippen molar-refractivity contribution in [2.45, 2.75) is 26.8 Å². The molecule has 3 rings (SSSR count). The third-order valence-corrected chi connectivity index (χ3v) is 4.36. The second-order valence-corrected chi connectivity index (χ2v) is 6.21. The number of pyridine rings is 2. The van der Waals surface area contributed by atoms with Crippen LogP contribution in [0.15, 0.2) is 36.7 Å². The summed E-state index contributed by atoms with van der Waals surface area (Å²) in [5.74, 6) is 1.08. The molecule has 0 unspecified atom stereocenters. The molecule has 0 spiro atoms. The minimum atomic E-state index is 0.631. The van der Waals surface area contributed by atoms with Crippen molar-refractivity contribution in [1.82, 2.24) is 14.9 Å². The van der Waals surface area contributed by atoms with Crippen LogP contribution in [0.2, 0.25) is 0 Å². The van der Waals surface area contributed by atoms with Gasteiger partial charge in [-0.3, -0.25) is 9.88 Å². The highest BCUT2D eigenvalue weighted by Crippen LogP contribution is 2.21. The summed E-state index contributed by atoms with van der Waals surface area (Å²) in [5, 5.41) is 0. The monoisotopic (exact) mass is 296 g/mol. The number of piperazine rings is 1. The van der Waals surface area contributed by atoms with E-state index < -0.39 is 0 Å². The van der Waals surface area contributed by atoms with Gasteiger partial charge in [0.1, 0.15) is 5.82 Å². The van der Waals surface area contributed by atoms with Crippen LogP contribution in [0.4, 0.5) is 5.82 Å². The number of aryl methyl sites for hydroxylation is 1. The summed E-state index contributed by atoms with van der Waals surface area (Å²) < 4.78 is 0. The number of nitrogens with zero attached hydrogens (tertiary/aromatic N) is 4. The molecule has 0 aromatic carbocycles. The van der Waals surface area contributed by atoms with Crippen molar-refractivity contribution in [2.24, 2.45) is 0 Å². The molecule has 2 aromatic rings. The Morgan fingerprint density at radius 1 is 0.864 bits per heavy atom. The second kappa shape index (κ2) is 6.44. The molecule has 0 atom stereocenters.